The molecule has 1 aromatic carbocycles. The standard InChI is InChI=1S/C18H27NSi/c1-17(2,3)15-18(13-9-10-14-18)20(4,5)19-16-11-7-6-8-12-16/h6-14,19H,15H2,1-5H3. The van der Waals surface area contributed by atoms with E-state index in [1.807, 2.05) is 0 Å². The predicted molar refractivity (Wildman–Crippen MR) is 92.6 cm³/mol. The minimum Gasteiger partial charge on any atom is -0.410 e. The van der Waals surface area contributed by atoms with E-state index in [1.165, 1.54) is 12.1 Å². The van der Waals surface area contributed by atoms with Crippen LogP contribution in [0.25, 0.3) is 0 Å². The Morgan fingerprint density at radius 1 is 1.00 bits per heavy atom. The summed E-state index contributed by atoms with van der Waals surface area (Å²) in [7, 11) is -1.69. The summed E-state index contributed by atoms with van der Waals surface area (Å²) in [5, 5.41) is 0.196. The summed E-state index contributed by atoms with van der Waals surface area (Å²) in [5.74, 6) is 0. The average molecular weight is 286 g/mol. The molecular weight excluding hydrogens is 258 g/mol. The van der Waals surface area contributed by atoms with Gasteiger partial charge in [-0.1, -0.05) is 76.4 Å². The maximum Gasteiger partial charge on any atom is 0.161 e. The summed E-state index contributed by atoms with van der Waals surface area (Å²) >= 11 is 0. The van der Waals surface area contributed by atoms with Crippen LogP contribution < -0.4 is 4.98 Å². The van der Waals surface area contributed by atoms with Gasteiger partial charge in [0.1, 0.15) is 0 Å². The maximum absolute atomic E-state index is 3.86. The fraction of sp³-hybridized carbons (Fsp3) is 0.444. The van der Waals surface area contributed by atoms with Crippen molar-refractivity contribution in [1.29, 1.82) is 0 Å². The van der Waals surface area contributed by atoms with Crippen LogP contribution in [-0.2, 0) is 0 Å². The molecule has 1 N–H and O–H groups in total. The van der Waals surface area contributed by atoms with Gasteiger partial charge in [0, 0.05) is 10.7 Å². The van der Waals surface area contributed by atoms with Gasteiger partial charge in [-0.05, 0) is 24.0 Å². The highest BCUT2D eigenvalue weighted by Gasteiger charge is 2.46. The van der Waals surface area contributed by atoms with Crippen molar-refractivity contribution >= 4 is 13.9 Å². The molecule has 1 nitrogen and oxygen atoms in total. The lowest BCUT2D eigenvalue weighted by atomic mass is 9.84. The summed E-state index contributed by atoms with van der Waals surface area (Å²) in [5.41, 5.74) is 1.56. The van der Waals surface area contributed by atoms with Gasteiger partial charge < -0.3 is 4.98 Å². The monoisotopic (exact) mass is 285 g/mol. The molecule has 0 unspecified atom stereocenters. The van der Waals surface area contributed by atoms with Gasteiger partial charge in [-0.15, -0.1) is 0 Å². The van der Waals surface area contributed by atoms with Gasteiger partial charge in [0.25, 0.3) is 0 Å². The topological polar surface area (TPSA) is 12.0 Å². The molecule has 0 saturated carbocycles. The van der Waals surface area contributed by atoms with Gasteiger partial charge in [0.15, 0.2) is 8.24 Å². The van der Waals surface area contributed by atoms with Crippen LogP contribution in [-0.4, -0.2) is 8.24 Å². The molecule has 0 radical (unpaired) electrons. The van der Waals surface area contributed by atoms with E-state index in [0.29, 0.717) is 5.41 Å². The van der Waals surface area contributed by atoms with Gasteiger partial charge in [-0.25, -0.2) is 0 Å². The van der Waals surface area contributed by atoms with Crippen LogP contribution in [0.2, 0.25) is 18.1 Å². The molecule has 2 heteroatoms. The Morgan fingerprint density at radius 2 is 1.55 bits per heavy atom. The number of benzene rings is 1. The largest absolute Gasteiger partial charge is 0.410 e. The van der Waals surface area contributed by atoms with Crippen molar-refractivity contribution in [3.05, 3.63) is 54.6 Å². The normalized spacial score (nSPS) is 17.4. The molecule has 0 atom stereocenters. The van der Waals surface area contributed by atoms with Gasteiger partial charge in [-0.3, -0.25) is 0 Å². The summed E-state index contributed by atoms with van der Waals surface area (Å²) < 4.78 is 0. The molecule has 0 amide bonds. The second-order valence-corrected chi connectivity index (χ2v) is 12.0. The first kappa shape index (κ1) is 15.1. The van der Waals surface area contributed by atoms with Gasteiger partial charge in [0.2, 0.25) is 0 Å². The van der Waals surface area contributed by atoms with Crippen molar-refractivity contribution in [2.24, 2.45) is 5.41 Å². The zero-order chi connectivity index (χ0) is 14.9. The SMILES string of the molecule is CC(C)(C)CC1([Si](C)(C)Nc2ccccc2)C=CC=C1. The zero-order valence-electron chi connectivity index (χ0n) is 13.4. The molecular formula is C18H27NSi. The van der Waals surface area contributed by atoms with E-state index in [0.717, 1.165) is 0 Å². The Kier molecular flexibility index (Phi) is 3.97. The van der Waals surface area contributed by atoms with E-state index in [4.69, 9.17) is 0 Å². The van der Waals surface area contributed by atoms with E-state index in [9.17, 15) is 0 Å². The highest BCUT2D eigenvalue weighted by molar-refractivity contribution is 6.84. The van der Waals surface area contributed by atoms with Crippen molar-refractivity contribution in [1.82, 2.24) is 0 Å². The lowest BCUT2D eigenvalue weighted by Gasteiger charge is -2.44. The number of allylic oxidation sites excluding steroid dienone is 4. The fourth-order valence-corrected chi connectivity index (χ4v) is 6.26. The van der Waals surface area contributed by atoms with Crippen LogP contribution in [0.15, 0.2) is 54.6 Å². The van der Waals surface area contributed by atoms with E-state index >= 15 is 0 Å². The Labute approximate surface area is 124 Å². The summed E-state index contributed by atoms with van der Waals surface area (Å²) in [6.45, 7) is 11.9. The molecule has 0 spiro atoms. The molecule has 0 fully saturated rings. The van der Waals surface area contributed by atoms with Gasteiger partial charge in [-0.2, -0.15) is 0 Å². The van der Waals surface area contributed by atoms with E-state index in [2.05, 4.69) is 93.5 Å². The number of nitrogens with one attached hydrogen (secondary N) is 1. The minimum absolute atomic E-state index is 0.196. The minimum atomic E-state index is -1.69. The molecule has 0 aromatic heterocycles. The lowest BCUT2D eigenvalue weighted by molar-refractivity contribution is 0.353. The first-order chi connectivity index (χ1) is 9.24. The summed E-state index contributed by atoms with van der Waals surface area (Å²) in [6, 6.07) is 10.6. The van der Waals surface area contributed by atoms with Crippen molar-refractivity contribution in [2.45, 2.75) is 45.3 Å². The van der Waals surface area contributed by atoms with Crippen LogP contribution in [0.3, 0.4) is 0 Å². The average Bonchev–Trinajstić information content (AvgIpc) is 2.77. The van der Waals surface area contributed by atoms with Crippen LogP contribution in [0.5, 0.6) is 0 Å². The second kappa shape index (κ2) is 5.25. The molecule has 0 saturated heterocycles. The number of hydrogen-bond acceptors (Lipinski definition) is 1. The molecule has 108 valence electrons. The molecule has 0 aliphatic heterocycles. The molecule has 20 heavy (non-hydrogen) atoms. The molecule has 1 aliphatic rings. The Balaban J connectivity index is 2.29. The highest BCUT2D eigenvalue weighted by Crippen LogP contribution is 2.51. The number of rotatable bonds is 4. The first-order valence-corrected chi connectivity index (χ1v) is 10.4. The van der Waals surface area contributed by atoms with Gasteiger partial charge >= 0.3 is 0 Å². The smallest absolute Gasteiger partial charge is 0.161 e. The van der Waals surface area contributed by atoms with Crippen molar-refractivity contribution in [3.63, 3.8) is 0 Å². The lowest BCUT2D eigenvalue weighted by Crippen LogP contribution is -2.49. The molecule has 1 aromatic rings. The number of hydrogen-bond donors (Lipinski definition) is 1. The van der Waals surface area contributed by atoms with Crippen molar-refractivity contribution in [3.8, 4) is 0 Å². The molecule has 0 heterocycles. The highest BCUT2D eigenvalue weighted by atomic mass is 28.3. The van der Waals surface area contributed by atoms with E-state index < -0.39 is 8.24 Å². The zero-order valence-corrected chi connectivity index (χ0v) is 14.4. The third-order valence-electron chi connectivity index (χ3n) is 4.12. The summed E-state index contributed by atoms with van der Waals surface area (Å²) in [6.07, 6.45) is 10.5. The van der Waals surface area contributed by atoms with Gasteiger partial charge in [0.05, 0.1) is 0 Å². The molecule has 0 bridgehead atoms. The van der Waals surface area contributed by atoms with E-state index in [-0.39, 0.29) is 5.04 Å². The summed E-state index contributed by atoms with van der Waals surface area (Å²) in [4.78, 5) is 3.86. The number of anilines is 1. The second-order valence-electron chi connectivity index (χ2n) is 7.61. The Bertz CT molecular complexity index is 494. The predicted octanol–water partition coefficient (Wildman–Crippen LogP) is 5.61. The van der Waals surface area contributed by atoms with Crippen molar-refractivity contribution < 1.29 is 0 Å². The molecule has 1 aliphatic carbocycles. The van der Waals surface area contributed by atoms with Crippen LogP contribution in [0.1, 0.15) is 27.2 Å². The van der Waals surface area contributed by atoms with Crippen LogP contribution in [0, 0.1) is 5.41 Å². The van der Waals surface area contributed by atoms with E-state index in [1.54, 1.807) is 0 Å². The number of para-hydroxylation sites is 1. The fourth-order valence-electron chi connectivity index (χ4n) is 3.14. The third-order valence-corrected chi connectivity index (χ3v) is 7.87. The van der Waals surface area contributed by atoms with Crippen LogP contribution in [0.4, 0.5) is 5.69 Å². The third kappa shape index (κ3) is 3.24. The van der Waals surface area contributed by atoms with Crippen molar-refractivity contribution in [2.75, 3.05) is 4.98 Å². The Morgan fingerprint density at radius 3 is 2.05 bits per heavy atom. The molecule has 2 rings (SSSR count). The Hall–Kier alpha value is -1.28. The maximum atomic E-state index is 3.86. The quantitative estimate of drug-likeness (QED) is 0.709. The van der Waals surface area contributed by atoms with Crippen LogP contribution >= 0.6 is 0 Å². The first-order valence-electron chi connectivity index (χ1n) is 7.45.